The van der Waals surface area contributed by atoms with Crippen molar-refractivity contribution in [3.05, 3.63) is 100 Å². The number of carbonyl (C=O) groups is 4. The molecule has 4 amide bonds. The molecule has 0 atom stereocenters. The van der Waals surface area contributed by atoms with E-state index in [1.807, 2.05) is 24.3 Å². The zero-order chi connectivity index (χ0) is 27.4. The molecule has 198 valence electrons. The van der Waals surface area contributed by atoms with Gasteiger partial charge in [-0.2, -0.15) is 0 Å². The zero-order valence-corrected chi connectivity index (χ0v) is 21.6. The smallest absolute Gasteiger partial charge is 0.294 e. The molecule has 5 rings (SSSR count). The molecule has 0 aliphatic carbocycles. The third-order valence-corrected chi connectivity index (χ3v) is 7.25. The first-order valence-corrected chi connectivity index (χ1v) is 13.1. The summed E-state index contributed by atoms with van der Waals surface area (Å²) < 4.78 is 18.7. The number of carbonyl (C=O) groups excluding carboxylic acids is 4. The van der Waals surface area contributed by atoms with Crippen molar-refractivity contribution in [2.45, 2.75) is 13.0 Å². The minimum Gasteiger partial charge on any atom is -0.483 e. The van der Waals surface area contributed by atoms with Crippen LogP contribution in [0.3, 0.4) is 0 Å². The summed E-state index contributed by atoms with van der Waals surface area (Å²) in [7, 11) is 0. The van der Waals surface area contributed by atoms with Gasteiger partial charge in [-0.1, -0.05) is 42.5 Å². The Morgan fingerprint density at radius 3 is 2.49 bits per heavy atom. The van der Waals surface area contributed by atoms with Crippen molar-refractivity contribution in [2.75, 3.05) is 25.0 Å². The van der Waals surface area contributed by atoms with Gasteiger partial charge in [-0.3, -0.25) is 24.1 Å². The molecule has 0 spiro atoms. The molecule has 0 unspecified atom stereocenters. The fraction of sp³-hybridized carbons (Fsp3) is 0.172. The molecule has 0 saturated carbocycles. The summed E-state index contributed by atoms with van der Waals surface area (Å²) >= 11 is 0.752. The molecule has 0 aromatic heterocycles. The number of hydrogen-bond donors (Lipinski definition) is 1. The number of halogens is 1. The maximum absolute atomic E-state index is 13.1. The molecule has 3 aromatic carbocycles. The molecule has 3 aromatic rings. The second kappa shape index (κ2) is 11.5. The van der Waals surface area contributed by atoms with Crippen LogP contribution in [0.15, 0.2) is 77.7 Å². The van der Waals surface area contributed by atoms with Gasteiger partial charge in [0, 0.05) is 24.3 Å². The SMILES string of the molecule is O=C(COc1ccccc1/C=C1\SC(=O)N(CC(=O)N2CCc3ccccc3C2)C1=O)Nc1ccc(F)cc1. The van der Waals surface area contributed by atoms with E-state index in [0.717, 1.165) is 28.6 Å². The van der Waals surface area contributed by atoms with Crippen LogP contribution in [0.2, 0.25) is 0 Å². The van der Waals surface area contributed by atoms with Crippen molar-refractivity contribution < 1.29 is 28.3 Å². The van der Waals surface area contributed by atoms with Gasteiger partial charge in [-0.25, -0.2) is 4.39 Å². The number of nitrogens with zero attached hydrogens (tertiary/aromatic N) is 2. The number of nitrogens with one attached hydrogen (secondary N) is 1. The van der Waals surface area contributed by atoms with Gasteiger partial charge in [-0.05, 0) is 65.7 Å². The Morgan fingerprint density at radius 1 is 0.974 bits per heavy atom. The summed E-state index contributed by atoms with van der Waals surface area (Å²) in [4.78, 5) is 53.7. The molecular weight excluding hydrogens is 521 g/mol. The average molecular weight is 546 g/mol. The second-order valence-corrected chi connectivity index (χ2v) is 9.98. The second-order valence-electron chi connectivity index (χ2n) is 8.98. The summed E-state index contributed by atoms with van der Waals surface area (Å²) in [6.07, 6.45) is 2.24. The number of hydrogen-bond acceptors (Lipinski definition) is 6. The summed E-state index contributed by atoms with van der Waals surface area (Å²) in [5.74, 6) is -1.37. The Balaban J connectivity index is 1.22. The fourth-order valence-electron chi connectivity index (χ4n) is 4.33. The third-order valence-electron chi connectivity index (χ3n) is 6.34. The maximum atomic E-state index is 13.1. The first kappa shape index (κ1) is 26.2. The van der Waals surface area contributed by atoms with Gasteiger partial charge in [0.1, 0.15) is 18.1 Å². The van der Waals surface area contributed by atoms with Gasteiger partial charge in [0.15, 0.2) is 6.61 Å². The molecule has 2 aliphatic rings. The van der Waals surface area contributed by atoms with E-state index in [0.29, 0.717) is 30.1 Å². The molecule has 8 nitrogen and oxygen atoms in total. The van der Waals surface area contributed by atoms with Crippen LogP contribution in [-0.4, -0.2) is 52.5 Å². The van der Waals surface area contributed by atoms with Crippen LogP contribution in [-0.2, 0) is 27.3 Å². The predicted octanol–water partition coefficient (Wildman–Crippen LogP) is 4.46. The molecule has 2 heterocycles. The predicted molar refractivity (Wildman–Crippen MR) is 145 cm³/mol. The summed E-state index contributed by atoms with van der Waals surface area (Å²) in [6, 6.07) is 20.0. The topological polar surface area (TPSA) is 96.0 Å². The number of thioether (sulfide) groups is 1. The van der Waals surface area contributed by atoms with Crippen LogP contribution in [0, 0.1) is 5.82 Å². The molecule has 0 bridgehead atoms. The first-order valence-electron chi connectivity index (χ1n) is 12.2. The van der Waals surface area contributed by atoms with Gasteiger partial charge >= 0.3 is 0 Å². The fourth-order valence-corrected chi connectivity index (χ4v) is 5.16. The highest BCUT2D eigenvalue weighted by molar-refractivity contribution is 8.18. The maximum Gasteiger partial charge on any atom is 0.294 e. The standard InChI is InChI=1S/C29H24FN3O5S/c30-22-9-11-23(12-10-22)31-26(34)18-38-24-8-4-3-6-20(24)15-25-28(36)33(29(37)39-25)17-27(35)32-14-13-19-5-1-2-7-21(19)16-32/h1-12,15H,13-14,16-18H2,(H,31,34)/b25-15-. The molecule has 2 aliphatic heterocycles. The van der Waals surface area contributed by atoms with E-state index in [9.17, 15) is 23.6 Å². The van der Waals surface area contributed by atoms with Crippen molar-refractivity contribution in [3.8, 4) is 5.75 Å². The molecule has 0 radical (unpaired) electrons. The Bertz CT molecular complexity index is 1470. The normalized spacial score (nSPS) is 15.9. The van der Waals surface area contributed by atoms with Crippen LogP contribution < -0.4 is 10.1 Å². The van der Waals surface area contributed by atoms with E-state index >= 15 is 0 Å². The molecule has 39 heavy (non-hydrogen) atoms. The average Bonchev–Trinajstić information content (AvgIpc) is 3.20. The highest BCUT2D eigenvalue weighted by Crippen LogP contribution is 2.34. The van der Waals surface area contributed by atoms with Crippen molar-refractivity contribution in [2.24, 2.45) is 0 Å². The van der Waals surface area contributed by atoms with Crippen molar-refractivity contribution >= 4 is 46.5 Å². The Morgan fingerprint density at radius 2 is 1.69 bits per heavy atom. The van der Waals surface area contributed by atoms with Gasteiger partial charge in [0.25, 0.3) is 17.1 Å². The van der Waals surface area contributed by atoms with Gasteiger partial charge in [0.2, 0.25) is 5.91 Å². The van der Waals surface area contributed by atoms with Gasteiger partial charge < -0.3 is 15.0 Å². The lowest BCUT2D eigenvalue weighted by Gasteiger charge is -2.29. The summed E-state index contributed by atoms with van der Waals surface area (Å²) in [5, 5.41) is 2.09. The van der Waals surface area contributed by atoms with Gasteiger partial charge in [0.05, 0.1) is 4.91 Å². The van der Waals surface area contributed by atoms with Crippen LogP contribution in [0.4, 0.5) is 14.9 Å². The van der Waals surface area contributed by atoms with E-state index in [1.165, 1.54) is 35.9 Å². The van der Waals surface area contributed by atoms with E-state index < -0.39 is 22.9 Å². The Kier molecular flexibility index (Phi) is 7.74. The Labute approximate surface area is 228 Å². The highest BCUT2D eigenvalue weighted by atomic mass is 32.2. The monoisotopic (exact) mass is 545 g/mol. The number of benzene rings is 3. The number of fused-ring (bicyclic) bond motifs is 1. The summed E-state index contributed by atoms with van der Waals surface area (Å²) in [5.41, 5.74) is 3.19. The molecule has 1 N–H and O–H groups in total. The van der Waals surface area contributed by atoms with Crippen molar-refractivity contribution in [1.29, 1.82) is 0 Å². The largest absolute Gasteiger partial charge is 0.483 e. The molecule has 1 fully saturated rings. The van der Waals surface area contributed by atoms with Crippen molar-refractivity contribution in [3.63, 3.8) is 0 Å². The Hall–Kier alpha value is -4.44. The zero-order valence-electron chi connectivity index (χ0n) is 20.8. The number of amides is 4. The quantitative estimate of drug-likeness (QED) is 0.441. The molecular formula is C29H24FN3O5S. The number of rotatable bonds is 7. The number of anilines is 1. The van der Waals surface area contributed by atoms with E-state index in [2.05, 4.69) is 5.32 Å². The van der Waals surface area contributed by atoms with Crippen LogP contribution in [0.1, 0.15) is 16.7 Å². The first-order chi connectivity index (χ1) is 18.9. The number of para-hydroxylation sites is 1. The molecule has 10 heteroatoms. The third kappa shape index (κ3) is 6.18. The lowest BCUT2D eigenvalue weighted by Crippen LogP contribution is -2.44. The van der Waals surface area contributed by atoms with Crippen LogP contribution in [0.25, 0.3) is 6.08 Å². The lowest BCUT2D eigenvalue weighted by molar-refractivity contribution is -0.136. The molecule has 1 saturated heterocycles. The minimum absolute atomic E-state index is 0.156. The lowest BCUT2D eigenvalue weighted by atomic mass is 10.00. The van der Waals surface area contributed by atoms with Crippen molar-refractivity contribution in [1.82, 2.24) is 9.80 Å². The van der Waals surface area contributed by atoms with Crippen LogP contribution in [0.5, 0.6) is 5.75 Å². The highest BCUT2D eigenvalue weighted by Gasteiger charge is 2.37. The van der Waals surface area contributed by atoms with E-state index in [4.69, 9.17) is 4.74 Å². The number of ether oxygens (including phenoxy) is 1. The van der Waals surface area contributed by atoms with E-state index in [-0.39, 0.29) is 24.0 Å². The minimum atomic E-state index is -0.556. The number of imide groups is 1. The summed E-state index contributed by atoms with van der Waals surface area (Å²) in [6.45, 7) is 0.324. The van der Waals surface area contributed by atoms with Crippen LogP contribution >= 0.6 is 11.8 Å². The van der Waals surface area contributed by atoms with Gasteiger partial charge in [-0.15, -0.1) is 0 Å². The van der Waals surface area contributed by atoms with E-state index in [1.54, 1.807) is 29.2 Å².